The van der Waals surface area contributed by atoms with Crippen LogP contribution in [0, 0.1) is 6.07 Å². The normalized spacial score (nSPS) is 10.9. The van der Waals surface area contributed by atoms with E-state index >= 15 is 0 Å². The molecule has 1 radical (unpaired) electrons. The van der Waals surface area contributed by atoms with E-state index in [1.54, 1.807) is 0 Å². The van der Waals surface area contributed by atoms with E-state index in [0.717, 1.165) is 12.0 Å². The Labute approximate surface area is 150 Å². The summed E-state index contributed by atoms with van der Waals surface area (Å²) >= 11 is 0. The smallest absolute Gasteiger partial charge is 0.162 e. The van der Waals surface area contributed by atoms with Crippen LogP contribution in [0.3, 0.4) is 0 Å². The third-order valence-corrected chi connectivity index (χ3v) is 4.80. The summed E-state index contributed by atoms with van der Waals surface area (Å²) in [7, 11) is 0. The lowest BCUT2D eigenvalue weighted by atomic mass is 10.0. The predicted molar refractivity (Wildman–Crippen MR) is 105 cm³/mol. The van der Waals surface area contributed by atoms with Crippen LogP contribution < -0.4 is 0 Å². The highest BCUT2D eigenvalue weighted by Crippen LogP contribution is 2.14. The topological polar surface area (TPSA) is 17.1 Å². The van der Waals surface area contributed by atoms with E-state index in [0.29, 0.717) is 6.42 Å². The van der Waals surface area contributed by atoms with Crippen molar-refractivity contribution in [1.29, 1.82) is 0 Å². The Kier molecular flexibility index (Phi) is 13.4. The molecule has 0 spiro atoms. The summed E-state index contributed by atoms with van der Waals surface area (Å²) in [5.41, 5.74) is 0.837. The monoisotopic (exact) mass is 329 g/mol. The minimum absolute atomic E-state index is 0.280. The first-order valence-corrected chi connectivity index (χ1v) is 10.3. The molecule has 135 valence electrons. The Hall–Kier alpha value is -1.11. The summed E-state index contributed by atoms with van der Waals surface area (Å²) in [4.78, 5) is 11.9. The van der Waals surface area contributed by atoms with Crippen LogP contribution in [0.5, 0.6) is 0 Å². The second-order valence-electron chi connectivity index (χ2n) is 7.06. The fourth-order valence-electron chi connectivity index (χ4n) is 3.20. The van der Waals surface area contributed by atoms with Crippen molar-refractivity contribution < 1.29 is 4.79 Å². The first kappa shape index (κ1) is 20.9. The number of benzene rings is 1. The Morgan fingerprint density at radius 1 is 0.708 bits per heavy atom. The van der Waals surface area contributed by atoms with Crippen molar-refractivity contribution in [2.45, 2.75) is 103 Å². The summed E-state index contributed by atoms with van der Waals surface area (Å²) in [6, 6.07) is 10.3. The molecule has 0 aromatic heterocycles. The highest BCUT2D eigenvalue weighted by molar-refractivity contribution is 5.95. The third-order valence-electron chi connectivity index (χ3n) is 4.80. The van der Waals surface area contributed by atoms with E-state index in [9.17, 15) is 4.79 Å². The molecule has 1 aromatic rings. The molecule has 0 unspecified atom stereocenters. The van der Waals surface area contributed by atoms with Gasteiger partial charge in [0.15, 0.2) is 5.78 Å². The maximum atomic E-state index is 11.9. The van der Waals surface area contributed by atoms with E-state index in [-0.39, 0.29) is 5.78 Å². The number of rotatable bonds is 16. The molecular weight excluding hydrogens is 292 g/mol. The Balaban J connectivity index is 1.80. The van der Waals surface area contributed by atoms with Gasteiger partial charge in [0, 0.05) is 12.0 Å². The van der Waals surface area contributed by atoms with E-state index < -0.39 is 0 Å². The van der Waals surface area contributed by atoms with Crippen LogP contribution in [0.25, 0.3) is 0 Å². The molecule has 0 heterocycles. The van der Waals surface area contributed by atoms with Gasteiger partial charge in [-0.2, -0.15) is 0 Å². The molecular formula is C23H37O. The Morgan fingerprint density at radius 3 is 1.58 bits per heavy atom. The van der Waals surface area contributed by atoms with Gasteiger partial charge in [-0.25, -0.2) is 0 Å². The fraction of sp³-hybridized carbons (Fsp3) is 0.696. The van der Waals surface area contributed by atoms with Crippen molar-refractivity contribution in [1.82, 2.24) is 0 Å². The van der Waals surface area contributed by atoms with Crippen LogP contribution in [-0.2, 0) is 0 Å². The lowest BCUT2D eigenvalue weighted by Gasteiger charge is -2.03. The molecule has 0 saturated heterocycles. The number of hydrogen-bond acceptors (Lipinski definition) is 1. The summed E-state index contributed by atoms with van der Waals surface area (Å²) in [6.07, 6.45) is 19.7. The zero-order valence-corrected chi connectivity index (χ0v) is 15.8. The number of Topliss-reactive ketones (excluding diaryl/α,β-unsaturated/α-hetero) is 1. The zero-order valence-electron chi connectivity index (χ0n) is 15.8. The number of carbonyl (C=O) groups excluding carboxylic acids is 1. The average Bonchev–Trinajstić information content (AvgIpc) is 2.62. The quantitative estimate of drug-likeness (QED) is 0.226. The maximum absolute atomic E-state index is 11.9. The molecule has 0 aliphatic heterocycles. The average molecular weight is 330 g/mol. The third kappa shape index (κ3) is 11.4. The lowest BCUT2D eigenvalue weighted by Crippen LogP contribution is -1.98. The van der Waals surface area contributed by atoms with Gasteiger partial charge in [-0.3, -0.25) is 4.79 Å². The van der Waals surface area contributed by atoms with Gasteiger partial charge in [-0.1, -0.05) is 115 Å². The molecule has 1 rings (SSSR count). The van der Waals surface area contributed by atoms with Gasteiger partial charge in [-0.15, -0.1) is 0 Å². The maximum Gasteiger partial charge on any atom is 0.162 e. The van der Waals surface area contributed by atoms with Crippen molar-refractivity contribution in [3.63, 3.8) is 0 Å². The zero-order chi connectivity index (χ0) is 17.3. The van der Waals surface area contributed by atoms with E-state index in [4.69, 9.17) is 0 Å². The second-order valence-corrected chi connectivity index (χ2v) is 7.06. The van der Waals surface area contributed by atoms with Crippen LogP contribution in [0.4, 0.5) is 0 Å². The molecule has 0 atom stereocenters. The van der Waals surface area contributed by atoms with Crippen molar-refractivity contribution >= 4 is 5.78 Å². The largest absolute Gasteiger partial charge is 0.294 e. The van der Waals surface area contributed by atoms with Gasteiger partial charge in [0.1, 0.15) is 0 Å². The predicted octanol–water partition coefficient (Wildman–Crippen LogP) is 7.54. The van der Waals surface area contributed by atoms with Gasteiger partial charge in [-0.05, 0) is 12.5 Å². The second kappa shape index (κ2) is 15.4. The first-order valence-electron chi connectivity index (χ1n) is 10.3. The van der Waals surface area contributed by atoms with E-state index in [1.165, 1.54) is 83.5 Å². The highest BCUT2D eigenvalue weighted by atomic mass is 16.1. The standard InChI is InChI=1S/C23H37O/c1-2-3-4-5-6-7-8-9-10-11-12-13-14-18-21-23(24)22-19-16-15-17-20-22/h16-17,19-20H,2-14,18,21H2,1H3. The first-order chi connectivity index (χ1) is 11.8. The molecule has 0 aliphatic carbocycles. The molecule has 0 aliphatic rings. The number of unbranched alkanes of at least 4 members (excludes halogenated alkanes) is 13. The molecule has 0 N–H and O–H groups in total. The molecule has 0 bridgehead atoms. The highest BCUT2D eigenvalue weighted by Gasteiger charge is 2.04. The van der Waals surface area contributed by atoms with Crippen LogP contribution in [-0.4, -0.2) is 5.78 Å². The molecule has 1 heteroatoms. The summed E-state index contributed by atoms with van der Waals surface area (Å²) in [6.45, 7) is 2.28. The van der Waals surface area contributed by atoms with Crippen molar-refractivity contribution in [3.8, 4) is 0 Å². The van der Waals surface area contributed by atoms with E-state index in [2.05, 4.69) is 13.0 Å². The molecule has 24 heavy (non-hydrogen) atoms. The van der Waals surface area contributed by atoms with Crippen LogP contribution in [0.1, 0.15) is 114 Å². The number of hydrogen-bond donors (Lipinski definition) is 0. The molecule has 1 aromatic carbocycles. The molecule has 0 saturated carbocycles. The van der Waals surface area contributed by atoms with Gasteiger partial charge >= 0.3 is 0 Å². The van der Waals surface area contributed by atoms with Crippen molar-refractivity contribution in [3.05, 3.63) is 35.9 Å². The Bertz CT molecular complexity index is 396. The molecule has 0 amide bonds. The minimum Gasteiger partial charge on any atom is -0.294 e. The molecule has 0 fully saturated rings. The van der Waals surface area contributed by atoms with Crippen LogP contribution in [0.2, 0.25) is 0 Å². The number of ketones is 1. The minimum atomic E-state index is 0.280. The fourth-order valence-corrected chi connectivity index (χ4v) is 3.20. The van der Waals surface area contributed by atoms with E-state index in [1.807, 2.05) is 24.3 Å². The number of carbonyl (C=O) groups is 1. The molecule has 1 nitrogen and oxygen atoms in total. The summed E-state index contributed by atoms with van der Waals surface area (Å²) in [5.74, 6) is 0.280. The summed E-state index contributed by atoms with van der Waals surface area (Å²) < 4.78 is 0. The van der Waals surface area contributed by atoms with Gasteiger partial charge in [0.25, 0.3) is 0 Å². The van der Waals surface area contributed by atoms with Gasteiger partial charge in [0.2, 0.25) is 0 Å². The van der Waals surface area contributed by atoms with Crippen LogP contribution in [0.15, 0.2) is 24.3 Å². The van der Waals surface area contributed by atoms with Crippen molar-refractivity contribution in [2.24, 2.45) is 0 Å². The Morgan fingerprint density at radius 2 is 1.12 bits per heavy atom. The SMILES string of the molecule is CCCCCCCCCCCCCCCCC(=O)c1cc[c]cc1. The van der Waals surface area contributed by atoms with Crippen molar-refractivity contribution in [2.75, 3.05) is 0 Å². The lowest BCUT2D eigenvalue weighted by molar-refractivity contribution is 0.0979. The van der Waals surface area contributed by atoms with Crippen LogP contribution >= 0.6 is 0 Å². The summed E-state index contributed by atoms with van der Waals surface area (Å²) in [5, 5.41) is 0. The van der Waals surface area contributed by atoms with Gasteiger partial charge < -0.3 is 0 Å². The van der Waals surface area contributed by atoms with Gasteiger partial charge in [0.05, 0.1) is 0 Å².